The number of carbonyl (C=O) groups is 1. The molecule has 2 N–H and O–H groups in total. The van der Waals surface area contributed by atoms with Crippen LogP contribution < -0.4 is 10.1 Å². The van der Waals surface area contributed by atoms with Gasteiger partial charge in [0.15, 0.2) is 17.2 Å². The van der Waals surface area contributed by atoms with E-state index in [9.17, 15) is 27.5 Å². The van der Waals surface area contributed by atoms with Crippen molar-refractivity contribution < 1.29 is 36.6 Å². The van der Waals surface area contributed by atoms with Crippen molar-refractivity contribution in [3.05, 3.63) is 65.2 Å². The number of alkyl halides is 3. The van der Waals surface area contributed by atoms with E-state index in [1.165, 1.54) is 45.4 Å². The fourth-order valence-electron chi connectivity index (χ4n) is 4.62. The molecule has 0 unspecified atom stereocenters. The first kappa shape index (κ1) is 22.1. The third kappa shape index (κ3) is 3.31. The summed E-state index contributed by atoms with van der Waals surface area (Å²) in [7, 11) is 1.22. The molecule has 0 spiro atoms. The van der Waals surface area contributed by atoms with E-state index in [0.29, 0.717) is 11.0 Å². The molecule has 32 heavy (non-hydrogen) atoms. The lowest BCUT2D eigenvalue weighted by Gasteiger charge is -2.49. The molecular weight excluding hydrogens is 430 g/mol. The van der Waals surface area contributed by atoms with Crippen LogP contribution >= 0.6 is 0 Å². The summed E-state index contributed by atoms with van der Waals surface area (Å²) in [5, 5.41) is 13.9. The summed E-state index contributed by atoms with van der Waals surface area (Å²) in [6, 6.07) is 6.25. The highest BCUT2D eigenvalue weighted by Crippen LogP contribution is 2.55. The van der Waals surface area contributed by atoms with Gasteiger partial charge in [-0.2, -0.15) is 13.2 Å². The van der Waals surface area contributed by atoms with Crippen LogP contribution in [0.5, 0.6) is 5.75 Å². The molecule has 1 aliphatic rings. The number of nitrogens with one attached hydrogen (secondary N) is 1. The minimum atomic E-state index is -5.07. The highest BCUT2D eigenvalue weighted by Gasteiger charge is 2.64. The number of halogens is 4. The first-order valence-electron chi connectivity index (χ1n) is 9.83. The van der Waals surface area contributed by atoms with E-state index in [1.54, 1.807) is 6.07 Å². The van der Waals surface area contributed by atoms with Gasteiger partial charge in [-0.25, -0.2) is 4.39 Å². The molecule has 0 fully saturated rings. The van der Waals surface area contributed by atoms with Crippen LogP contribution in [-0.2, 0) is 5.41 Å². The SMILES string of the molecule is COc1c(F)ccc2c1C(C)(C)C[C@](O)(C(F)(F)F)[C@H]2NC(=O)c1ccc2occc2c1. The second-order valence-corrected chi connectivity index (χ2v) is 8.61. The predicted octanol–water partition coefficient (Wildman–Crippen LogP) is 5.03. The van der Waals surface area contributed by atoms with E-state index < -0.39 is 41.4 Å². The maximum atomic E-state index is 14.4. The van der Waals surface area contributed by atoms with Crippen molar-refractivity contribution in [1.82, 2.24) is 5.32 Å². The third-order valence-corrected chi connectivity index (χ3v) is 6.00. The predicted molar refractivity (Wildman–Crippen MR) is 108 cm³/mol. The molecule has 9 heteroatoms. The monoisotopic (exact) mass is 451 g/mol. The zero-order valence-electron chi connectivity index (χ0n) is 17.5. The van der Waals surface area contributed by atoms with E-state index in [1.807, 2.05) is 0 Å². The standard InChI is InChI=1S/C23H21F4NO4/c1-21(2)11-22(30,23(25,26)27)19(14-5-6-15(24)18(31-3)17(14)21)28-20(29)13-4-7-16-12(10-13)8-9-32-16/h4-10,19,30H,11H2,1-3H3,(H,28,29)/t19-,22+/m0/s1. The molecule has 1 aromatic heterocycles. The van der Waals surface area contributed by atoms with Crippen molar-refractivity contribution in [3.8, 4) is 5.75 Å². The van der Waals surface area contributed by atoms with E-state index in [-0.39, 0.29) is 22.4 Å². The molecule has 0 saturated carbocycles. The second-order valence-electron chi connectivity index (χ2n) is 8.61. The lowest BCUT2D eigenvalue weighted by Crippen LogP contribution is -2.60. The number of furan rings is 1. The summed E-state index contributed by atoms with van der Waals surface area (Å²) in [5.41, 5.74) is -3.88. The first-order chi connectivity index (χ1) is 14.9. The summed E-state index contributed by atoms with van der Waals surface area (Å²) in [6.45, 7) is 2.94. The average Bonchev–Trinajstić information content (AvgIpc) is 3.17. The van der Waals surface area contributed by atoms with Gasteiger partial charge >= 0.3 is 6.18 Å². The van der Waals surface area contributed by atoms with Gasteiger partial charge in [-0.15, -0.1) is 0 Å². The largest absolute Gasteiger partial charge is 0.493 e. The van der Waals surface area contributed by atoms with Crippen molar-refractivity contribution in [1.29, 1.82) is 0 Å². The number of rotatable bonds is 3. The molecule has 0 saturated heterocycles. The van der Waals surface area contributed by atoms with Gasteiger partial charge in [0, 0.05) is 16.5 Å². The zero-order valence-corrected chi connectivity index (χ0v) is 17.5. The van der Waals surface area contributed by atoms with Crippen molar-refractivity contribution >= 4 is 16.9 Å². The van der Waals surface area contributed by atoms with Crippen LogP contribution in [0.15, 0.2) is 47.1 Å². The molecule has 1 heterocycles. The Bertz CT molecular complexity index is 1200. The number of benzene rings is 2. The maximum Gasteiger partial charge on any atom is 0.419 e. The van der Waals surface area contributed by atoms with Crippen molar-refractivity contribution in [2.24, 2.45) is 0 Å². The summed E-state index contributed by atoms with van der Waals surface area (Å²) in [6.07, 6.45) is -4.45. The van der Waals surface area contributed by atoms with E-state index in [2.05, 4.69) is 5.32 Å². The van der Waals surface area contributed by atoms with E-state index in [0.717, 1.165) is 12.1 Å². The fourth-order valence-corrected chi connectivity index (χ4v) is 4.62. The minimum Gasteiger partial charge on any atom is -0.493 e. The van der Waals surface area contributed by atoms with Gasteiger partial charge in [-0.05, 0) is 47.7 Å². The molecule has 170 valence electrons. The molecule has 0 aliphatic heterocycles. The van der Waals surface area contributed by atoms with Crippen LogP contribution in [0, 0.1) is 5.82 Å². The van der Waals surface area contributed by atoms with Gasteiger partial charge in [-0.1, -0.05) is 19.9 Å². The molecule has 0 radical (unpaired) electrons. The van der Waals surface area contributed by atoms with Gasteiger partial charge in [-0.3, -0.25) is 4.79 Å². The number of fused-ring (bicyclic) bond motifs is 2. The van der Waals surface area contributed by atoms with Crippen LogP contribution in [0.1, 0.15) is 47.8 Å². The first-order valence-corrected chi connectivity index (χ1v) is 9.83. The molecular formula is C23H21F4NO4. The number of aliphatic hydroxyl groups is 1. The Labute approximate surface area is 181 Å². The Morgan fingerprint density at radius 3 is 2.59 bits per heavy atom. The molecule has 1 aliphatic carbocycles. The molecule has 2 atom stereocenters. The Morgan fingerprint density at radius 2 is 1.94 bits per heavy atom. The number of ether oxygens (including phenoxy) is 1. The van der Waals surface area contributed by atoms with Crippen LogP contribution in [-0.4, -0.2) is 29.9 Å². The quantitative estimate of drug-likeness (QED) is 0.549. The lowest BCUT2D eigenvalue weighted by atomic mass is 9.63. The lowest BCUT2D eigenvalue weighted by molar-refractivity contribution is -0.280. The summed E-state index contributed by atoms with van der Waals surface area (Å²) in [5.74, 6) is -1.78. The van der Waals surface area contributed by atoms with E-state index >= 15 is 0 Å². The highest BCUT2D eigenvalue weighted by atomic mass is 19.4. The van der Waals surface area contributed by atoms with Crippen molar-refractivity contribution in [2.75, 3.05) is 7.11 Å². The Morgan fingerprint density at radius 1 is 1.22 bits per heavy atom. The molecule has 5 nitrogen and oxygen atoms in total. The van der Waals surface area contributed by atoms with Gasteiger partial charge in [0.2, 0.25) is 0 Å². The zero-order chi connectivity index (χ0) is 23.5. The third-order valence-electron chi connectivity index (χ3n) is 6.00. The normalized spacial score (nSPS) is 22.4. The molecule has 2 aromatic carbocycles. The minimum absolute atomic E-state index is 0.0583. The maximum absolute atomic E-state index is 14.4. The summed E-state index contributed by atoms with van der Waals surface area (Å²) >= 11 is 0. The Hall–Kier alpha value is -3.07. The van der Waals surface area contributed by atoms with Gasteiger partial charge in [0.1, 0.15) is 5.58 Å². The van der Waals surface area contributed by atoms with Crippen LogP contribution in [0.25, 0.3) is 11.0 Å². The second kappa shape index (κ2) is 7.23. The fraction of sp³-hybridized carbons (Fsp3) is 0.348. The number of hydrogen-bond donors (Lipinski definition) is 2. The number of methoxy groups -OCH3 is 1. The van der Waals surface area contributed by atoms with Gasteiger partial charge in [0.05, 0.1) is 19.4 Å². The molecule has 4 rings (SSSR count). The van der Waals surface area contributed by atoms with Crippen LogP contribution in [0.4, 0.5) is 17.6 Å². The molecule has 1 amide bonds. The van der Waals surface area contributed by atoms with Gasteiger partial charge < -0.3 is 19.6 Å². The summed E-state index contributed by atoms with van der Waals surface area (Å²) < 4.78 is 67.3. The van der Waals surface area contributed by atoms with Gasteiger partial charge in [0.25, 0.3) is 5.91 Å². The Kier molecular flexibility index (Phi) is 5.00. The topological polar surface area (TPSA) is 71.7 Å². The number of hydrogen-bond acceptors (Lipinski definition) is 4. The highest BCUT2D eigenvalue weighted by molar-refractivity contribution is 5.98. The Balaban J connectivity index is 1.86. The average molecular weight is 451 g/mol. The van der Waals surface area contributed by atoms with E-state index in [4.69, 9.17) is 9.15 Å². The van der Waals surface area contributed by atoms with Crippen LogP contribution in [0.3, 0.4) is 0 Å². The van der Waals surface area contributed by atoms with Crippen molar-refractivity contribution in [2.45, 2.75) is 43.5 Å². The van der Waals surface area contributed by atoms with Crippen LogP contribution in [0.2, 0.25) is 0 Å². The number of carbonyl (C=O) groups excluding carboxylic acids is 1. The number of amides is 1. The molecule has 0 bridgehead atoms. The van der Waals surface area contributed by atoms with Crippen molar-refractivity contribution in [3.63, 3.8) is 0 Å². The smallest absolute Gasteiger partial charge is 0.419 e. The summed E-state index contributed by atoms with van der Waals surface area (Å²) in [4.78, 5) is 13.0. The molecule has 3 aromatic rings.